The number of amides is 1. The summed E-state index contributed by atoms with van der Waals surface area (Å²) in [5.41, 5.74) is 0.870. The molecule has 0 saturated carbocycles. The number of esters is 1. The van der Waals surface area contributed by atoms with Gasteiger partial charge in [-0.15, -0.1) is 0 Å². The normalized spacial score (nSPS) is 12.3. The van der Waals surface area contributed by atoms with Gasteiger partial charge in [0.1, 0.15) is 0 Å². The summed E-state index contributed by atoms with van der Waals surface area (Å²) in [5, 5.41) is 2.59. The summed E-state index contributed by atoms with van der Waals surface area (Å²) in [6.45, 7) is 2.81. The first kappa shape index (κ1) is 22.3. The topological polar surface area (TPSA) is 110 Å². The number of ether oxygens (including phenoxy) is 1. The minimum Gasteiger partial charge on any atom is -0.451 e. The fourth-order valence-corrected chi connectivity index (χ4v) is 3.38. The molecule has 1 amide bonds. The number of carbonyl (C=O) groups is 3. The van der Waals surface area contributed by atoms with Crippen molar-refractivity contribution in [1.82, 2.24) is 4.31 Å². The van der Waals surface area contributed by atoms with Gasteiger partial charge in [0.15, 0.2) is 6.10 Å². The van der Waals surface area contributed by atoms with Crippen LogP contribution in [0, 0.1) is 0 Å². The Balaban J connectivity index is 2.12. The molecule has 0 fully saturated rings. The summed E-state index contributed by atoms with van der Waals surface area (Å²) in [7, 11) is -0.930. The number of hydrogen-bond acceptors (Lipinski definition) is 6. The van der Waals surface area contributed by atoms with Gasteiger partial charge in [0.25, 0.3) is 0 Å². The minimum atomic E-state index is -3.70. The van der Waals surface area contributed by atoms with E-state index in [9.17, 15) is 22.8 Å². The standard InChI is InChI=1S/C20H22N2O6S/c1-13(19(24)15-8-10-17(11-9-15)21-14(2)23)28-20(25)16-6-5-7-18(12-16)29(26,27)22(3)4/h5-13H,1-4H3,(H,21,23)/t13-/m0/s1. The van der Waals surface area contributed by atoms with E-state index >= 15 is 0 Å². The van der Waals surface area contributed by atoms with Crippen molar-refractivity contribution in [3.8, 4) is 0 Å². The fourth-order valence-electron chi connectivity index (χ4n) is 2.43. The van der Waals surface area contributed by atoms with Gasteiger partial charge in [-0.25, -0.2) is 17.5 Å². The molecule has 2 aromatic rings. The van der Waals surface area contributed by atoms with Gasteiger partial charge in [-0.1, -0.05) is 6.07 Å². The Hall–Kier alpha value is -3.04. The second kappa shape index (κ2) is 8.97. The molecule has 0 saturated heterocycles. The van der Waals surface area contributed by atoms with Gasteiger partial charge in [-0.05, 0) is 49.4 Å². The molecule has 2 aromatic carbocycles. The third kappa shape index (κ3) is 5.49. The highest BCUT2D eigenvalue weighted by Crippen LogP contribution is 2.17. The highest BCUT2D eigenvalue weighted by molar-refractivity contribution is 7.89. The zero-order chi connectivity index (χ0) is 21.8. The van der Waals surface area contributed by atoms with Crippen LogP contribution in [0.2, 0.25) is 0 Å². The molecule has 0 aliphatic carbocycles. The molecule has 29 heavy (non-hydrogen) atoms. The predicted molar refractivity (Wildman–Crippen MR) is 107 cm³/mol. The van der Waals surface area contributed by atoms with Crippen LogP contribution in [-0.2, 0) is 19.6 Å². The van der Waals surface area contributed by atoms with Crippen molar-refractivity contribution in [3.63, 3.8) is 0 Å². The summed E-state index contributed by atoms with van der Waals surface area (Å²) in [4.78, 5) is 35.9. The molecule has 0 aliphatic rings. The fraction of sp³-hybridized carbons (Fsp3) is 0.250. The average molecular weight is 418 g/mol. The second-order valence-corrected chi connectivity index (χ2v) is 8.64. The Morgan fingerprint density at radius 3 is 2.17 bits per heavy atom. The minimum absolute atomic E-state index is 0.0218. The van der Waals surface area contributed by atoms with Crippen molar-refractivity contribution in [2.24, 2.45) is 0 Å². The van der Waals surface area contributed by atoms with Crippen molar-refractivity contribution in [3.05, 3.63) is 59.7 Å². The molecule has 0 radical (unpaired) electrons. The first-order chi connectivity index (χ1) is 13.5. The molecule has 0 aromatic heterocycles. The van der Waals surface area contributed by atoms with Crippen LogP contribution < -0.4 is 5.32 Å². The Labute approximate surface area is 169 Å². The maximum absolute atomic E-state index is 12.5. The van der Waals surface area contributed by atoms with E-state index in [1.54, 1.807) is 12.1 Å². The number of nitrogens with one attached hydrogen (secondary N) is 1. The number of benzene rings is 2. The van der Waals surface area contributed by atoms with Gasteiger partial charge in [0.05, 0.1) is 10.5 Å². The second-order valence-electron chi connectivity index (χ2n) is 6.49. The molecule has 1 atom stereocenters. The first-order valence-corrected chi connectivity index (χ1v) is 10.1. The maximum Gasteiger partial charge on any atom is 0.338 e. The van der Waals surface area contributed by atoms with Crippen molar-refractivity contribution >= 4 is 33.4 Å². The Kier molecular flexibility index (Phi) is 6.89. The Morgan fingerprint density at radius 1 is 1.00 bits per heavy atom. The smallest absolute Gasteiger partial charge is 0.338 e. The largest absolute Gasteiger partial charge is 0.451 e. The molecule has 0 spiro atoms. The number of rotatable bonds is 7. The molecule has 9 heteroatoms. The molecule has 154 valence electrons. The molecule has 8 nitrogen and oxygen atoms in total. The molecule has 0 aliphatic heterocycles. The van der Waals surface area contributed by atoms with Gasteiger partial charge in [0, 0.05) is 32.3 Å². The van der Waals surface area contributed by atoms with Crippen LogP contribution in [0.15, 0.2) is 53.4 Å². The zero-order valence-corrected chi connectivity index (χ0v) is 17.3. The molecule has 0 heterocycles. The number of ketones is 1. The molecular weight excluding hydrogens is 396 g/mol. The summed E-state index contributed by atoms with van der Waals surface area (Å²) < 4.78 is 30.7. The number of nitrogens with zero attached hydrogens (tertiary/aromatic N) is 1. The van der Waals surface area contributed by atoms with Crippen LogP contribution >= 0.6 is 0 Å². The van der Waals surface area contributed by atoms with E-state index in [0.29, 0.717) is 11.3 Å². The Morgan fingerprint density at radius 2 is 1.62 bits per heavy atom. The van der Waals surface area contributed by atoms with Gasteiger partial charge < -0.3 is 10.1 Å². The summed E-state index contributed by atoms with van der Waals surface area (Å²) in [5.74, 6) is -1.47. The van der Waals surface area contributed by atoms with Crippen LogP contribution in [0.5, 0.6) is 0 Å². The maximum atomic E-state index is 12.5. The first-order valence-electron chi connectivity index (χ1n) is 8.68. The van der Waals surface area contributed by atoms with Gasteiger partial charge in [-0.2, -0.15) is 0 Å². The number of anilines is 1. The highest BCUT2D eigenvalue weighted by atomic mass is 32.2. The third-order valence-electron chi connectivity index (χ3n) is 3.99. The molecular formula is C20H22N2O6S. The van der Waals surface area contributed by atoms with Crippen LogP contribution in [0.3, 0.4) is 0 Å². The zero-order valence-electron chi connectivity index (χ0n) is 16.5. The molecule has 0 bridgehead atoms. The van der Waals surface area contributed by atoms with Crippen molar-refractivity contribution in [2.45, 2.75) is 24.8 Å². The monoisotopic (exact) mass is 418 g/mol. The van der Waals surface area contributed by atoms with Crippen LogP contribution in [0.25, 0.3) is 0 Å². The van der Waals surface area contributed by atoms with Crippen LogP contribution in [0.1, 0.15) is 34.6 Å². The lowest BCUT2D eigenvalue weighted by Crippen LogP contribution is -2.25. The van der Waals surface area contributed by atoms with E-state index in [1.807, 2.05) is 0 Å². The van der Waals surface area contributed by atoms with Crippen molar-refractivity contribution < 1.29 is 27.5 Å². The predicted octanol–water partition coefficient (Wildman–Crippen LogP) is 2.32. The molecule has 2 rings (SSSR count). The lowest BCUT2D eigenvalue weighted by Gasteiger charge is -2.14. The lowest BCUT2D eigenvalue weighted by molar-refractivity contribution is -0.114. The average Bonchev–Trinajstić information content (AvgIpc) is 2.67. The molecule has 1 N–H and O–H groups in total. The van der Waals surface area contributed by atoms with Crippen LogP contribution in [-0.4, -0.2) is 50.6 Å². The van der Waals surface area contributed by atoms with Crippen molar-refractivity contribution in [2.75, 3.05) is 19.4 Å². The van der Waals surface area contributed by atoms with Crippen LogP contribution in [0.4, 0.5) is 5.69 Å². The van der Waals surface area contributed by atoms with E-state index in [0.717, 1.165) is 4.31 Å². The van der Waals surface area contributed by atoms with E-state index < -0.39 is 27.9 Å². The Bertz CT molecular complexity index is 1030. The van der Waals surface area contributed by atoms with E-state index in [-0.39, 0.29) is 16.4 Å². The SMILES string of the molecule is CC(=O)Nc1ccc(C(=O)[C@H](C)OC(=O)c2cccc(S(=O)(=O)N(C)C)c2)cc1. The van der Waals surface area contributed by atoms with Gasteiger partial charge >= 0.3 is 5.97 Å². The number of hydrogen-bond donors (Lipinski definition) is 1. The van der Waals surface area contributed by atoms with Gasteiger partial charge in [-0.3, -0.25) is 9.59 Å². The summed E-state index contributed by atoms with van der Waals surface area (Å²) in [6, 6.07) is 11.6. The summed E-state index contributed by atoms with van der Waals surface area (Å²) in [6.07, 6.45) is -1.08. The number of Topliss-reactive ketones (excluding diaryl/α,β-unsaturated/α-hetero) is 1. The third-order valence-corrected chi connectivity index (χ3v) is 5.80. The quantitative estimate of drug-likeness (QED) is 0.546. The van der Waals surface area contributed by atoms with E-state index in [4.69, 9.17) is 4.74 Å². The lowest BCUT2D eigenvalue weighted by atomic mass is 10.1. The van der Waals surface area contributed by atoms with Crippen molar-refractivity contribution in [1.29, 1.82) is 0 Å². The van der Waals surface area contributed by atoms with Gasteiger partial charge in [0.2, 0.25) is 21.7 Å². The number of carbonyl (C=O) groups excluding carboxylic acids is 3. The summed E-state index contributed by atoms with van der Waals surface area (Å²) >= 11 is 0. The van der Waals surface area contributed by atoms with E-state index in [2.05, 4.69) is 5.32 Å². The molecule has 0 unspecified atom stereocenters. The number of sulfonamides is 1. The van der Waals surface area contributed by atoms with E-state index in [1.165, 1.54) is 64.3 Å². The highest BCUT2D eigenvalue weighted by Gasteiger charge is 2.23.